The highest BCUT2D eigenvalue weighted by Crippen LogP contribution is 2.18. The standard InChI is InChI=1S/C17H22N2O4/c1-22-14-4-2-3-13(11-14)12-16(20)19-8-6-18(7-9-19)15-5-10-23-17(15)21/h2-4,11,15H,5-10,12H2,1H3. The van der Waals surface area contributed by atoms with Gasteiger partial charge in [0.05, 0.1) is 20.1 Å². The summed E-state index contributed by atoms with van der Waals surface area (Å²) in [5.74, 6) is 0.757. The maximum atomic E-state index is 12.4. The highest BCUT2D eigenvalue weighted by atomic mass is 16.5. The van der Waals surface area contributed by atoms with E-state index < -0.39 is 0 Å². The highest BCUT2D eigenvalue weighted by Gasteiger charge is 2.34. The van der Waals surface area contributed by atoms with Gasteiger partial charge in [0.25, 0.3) is 0 Å². The number of cyclic esters (lactones) is 1. The van der Waals surface area contributed by atoms with Crippen molar-refractivity contribution >= 4 is 11.9 Å². The molecule has 1 unspecified atom stereocenters. The zero-order chi connectivity index (χ0) is 16.2. The third-order valence-corrected chi connectivity index (χ3v) is 4.50. The summed E-state index contributed by atoms with van der Waals surface area (Å²) in [5, 5.41) is 0. The van der Waals surface area contributed by atoms with Gasteiger partial charge in [-0.25, -0.2) is 0 Å². The maximum absolute atomic E-state index is 12.4. The van der Waals surface area contributed by atoms with Crippen LogP contribution in [0.25, 0.3) is 0 Å². The Morgan fingerprint density at radius 3 is 2.74 bits per heavy atom. The van der Waals surface area contributed by atoms with Gasteiger partial charge in [-0.2, -0.15) is 0 Å². The molecule has 2 aliphatic heterocycles. The van der Waals surface area contributed by atoms with Gasteiger partial charge in [0, 0.05) is 32.6 Å². The number of ether oxygens (including phenoxy) is 2. The van der Waals surface area contributed by atoms with Crippen LogP contribution in [0.1, 0.15) is 12.0 Å². The molecule has 2 fully saturated rings. The summed E-state index contributed by atoms with van der Waals surface area (Å²) in [4.78, 5) is 28.1. The lowest BCUT2D eigenvalue weighted by Crippen LogP contribution is -2.53. The van der Waals surface area contributed by atoms with Crippen molar-refractivity contribution in [3.05, 3.63) is 29.8 Å². The van der Waals surface area contributed by atoms with E-state index in [1.165, 1.54) is 0 Å². The van der Waals surface area contributed by atoms with Crippen LogP contribution in [0.3, 0.4) is 0 Å². The van der Waals surface area contributed by atoms with Gasteiger partial charge in [-0.3, -0.25) is 14.5 Å². The summed E-state index contributed by atoms with van der Waals surface area (Å²) in [6, 6.07) is 7.47. The number of nitrogens with zero attached hydrogens (tertiary/aromatic N) is 2. The quantitative estimate of drug-likeness (QED) is 0.765. The van der Waals surface area contributed by atoms with E-state index in [2.05, 4.69) is 4.90 Å². The average Bonchev–Trinajstić information content (AvgIpc) is 3.01. The van der Waals surface area contributed by atoms with Crippen LogP contribution in [0.2, 0.25) is 0 Å². The number of carbonyl (C=O) groups excluding carboxylic acids is 2. The van der Waals surface area contributed by atoms with Gasteiger partial charge < -0.3 is 14.4 Å². The van der Waals surface area contributed by atoms with Gasteiger partial charge in [0.1, 0.15) is 11.8 Å². The number of hydrogen-bond acceptors (Lipinski definition) is 5. The Labute approximate surface area is 136 Å². The number of rotatable bonds is 4. The van der Waals surface area contributed by atoms with Crippen LogP contribution < -0.4 is 4.74 Å². The minimum absolute atomic E-state index is 0.118. The fourth-order valence-corrected chi connectivity index (χ4v) is 3.17. The van der Waals surface area contributed by atoms with E-state index in [-0.39, 0.29) is 17.9 Å². The second-order valence-electron chi connectivity index (χ2n) is 5.92. The molecule has 0 radical (unpaired) electrons. The number of esters is 1. The summed E-state index contributed by atoms with van der Waals surface area (Å²) in [6.45, 7) is 3.28. The van der Waals surface area contributed by atoms with Crippen molar-refractivity contribution < 1.29 is 19.1 Å². The van der Waals surface area contributed by atoms with Crippen molar-refractivity contribution in [2.24, 2.45) is 0 Å². The highest BCUT2D eigenvalue weighted by molar-refractivity contribution is 5.79. The second-order valence-corrected chi connectivity index (χ2v) is 5.92. The Balaban J connectivity index is 1.52. The van der Waals surface area contributed by atoms with E-state index in [1.54, 1.807) is 7.11 Å². The van der Waals surface area contributed by atoms with Crippen LogP contribution in [-0.2, 0) is 20.7 Å². The van der Waals surface area contributed by atoms with Gasteiger partial charge in [-0.1, -0.05) is 12.1 Å². The minimum Gasteiger partial charge on any atom is -0.497 e. The Morgan fingerprint density at radius 2 is 2.09 bits per heavy atom. The normalized spacial score (nSPS) is 22.0. The monoisotopic (exact) mass is 318 g/mol. The third kappa shape index (κ3) is 3.64. The first-order chi connectivity index (χ1) is 11.2. The van der Waals surface area contributed by atoms with Crippen LogP contribution >= 0.6 is 0 Å². The van der Waals surface area contributed by atoms with Gasteiger partial charge in [-0.05, 0) is 17.7 Å². The summed E-state index contributed by atoms with van der Waals surface area (Å²) in [5.41, 5.74) is 0.955. The molecule has 1 atom stereocenters. The summed E-state index contributed by atoms with van der Waals surface area (Å²) in [6.07, 6.45) is 1.14. The lowest BCUT2D eigenvalue weighted by molar-refractivity contribution is -0.143. The second kappa shape index (κ2) is 7.00. The Morgan fingerprint density at radius 1 is 1.30 bits per heavy atom. The Hall–Kier alpha value is -2.08. The Kier molecular flexibility index (Phi) is 4.81. The molecule has 3 rings (SSSR count). The fraction of sp³-hybridized carbons (Fsp3) is 0.529. The zero-order valence-electron chi connectivity index (χ0n) is 13.4. The molecular formula is C17H22N2O4. The molecule has 6 heteroatoms. The molecule has 0 spiro atoms. The largest absolute Gasteiger partial charge is 0.497 e. The van der Waals surface area contributed by atoms with Crippen molar-refractivity contribution in [3.8, 4) is 5.75 Å². The average molecular weight is 318 g/mol. The molecule has 2 heterocycles. The molecule has 124 valence electrons. The van der Waals surface area contributed by atoms with Crippen molar-refractivity contribution in [3.63, 3.8) is 0 Å². The molecule has 23 heavy (non-hydrogen) atoms. The molecule has 2 aliphatic rings. The van der Waals surface area contributed by atoms with Crippen molar-refractivity contribution in [2.75, 3.05) is 39.9 Å². The first-order valence-corrected chi connectivity index (χ1v) is 7.99. The third-order valence-electron chi connectivity index (χ3n) is 4.50. The maximum Gasteiger partial charge on any atom is 0.323 e. The number of amides is 1. The van der Waals surface area contributed by atoms with E-state index in [1.807, 2.05) is 29.2 Å². The van der Waals surface area contributed by atoms with E-state index in [9.17, 15) is 9.59 Å². The first kappa shape index (κ1) is 15.8. The summed E-state index contributed by atoms with van der Waals surface area (Å²) >= 11 is 0. The number of methoxy groups -OCH3 is 1. The topological polar surface area (TPSA) is 59.1 Å². The molecule has 0 N–H and O–H groups in total. The van der Waals surface area contributed by atoms with Crippen molar-refractivity contribution in [1.82, 2.24) is 9.80 Å². The predicted octanol–water partition coefficient (Wildman–Crippen LogP) is 0.697. The fourth-order valence-electron chi connectivity index (χ4n) is 3.17. The molecule has 1 aromatic carbocycles. The molecule has 0 aromatic heterocycles. The summed E-state index contributed by atoms with van der Waals surface area (Å²) in [7, 11) is 1.62. The lowest BCUT2D eigenvalue weighted by Gasteiger charge is -2.36. The zero-order valence-corrected chi connectivity index (χ0v) is 13.4. The first-order valence-electron chi connectivity index (χ1n) is 7.99. The van der Waals surface area contributed by atoms with E-state index in [4.69, 9.17) is 9.47 Å². The van der Waals surface area contributed by atoms with Crippen LogP contribution in [0, 0.1) is 0 Å². The molecular weight excluding hydrogens is 296 g/mol. The van der Waals surface area contributed by atoms with Crippen molar-refractivity contribution in [2.45, 2.75) is 18.9 Å². The molecule has 1 aromatic rings. The summed E-state index contributed by atoms with van der Waals surface area (Å²) < 4.78 is 10.2. The van der Waals surface area contributed by atoms with E-state index in [0.29, 0.717) is 26.1 Å². The SMILES string of the molecule is COc1cccc(CC(=O)N2CCN(C3CCOC3=O)CC2)c1. The van der Waals surface area contributed by atoms with Crippen LogP contribution in [0.15, 0.2) is 24.3 Å². The molecule has 6 nitrogen and oxygen atoms in total. The number of benzene rings is 1. The number of carbonyl (C=O) groups is 2. The van der Waals surface area contributed by atoms with Crippen LogP contribution in [0.4, 0.5) is 0 Å². The van der Waals surface area contributed by atoms with Gasteiger partial charge in [-0.15, -0.1) is 0 Å². The molecule has 2 saturated heterocycles. The smallest absolute Gasteiger partial charge is 0.323 e. The van der Waals surface area contributed by atoms with Gasteiger partial charge in [0.2, 0.25) is 5.91 Å². The number of hydrogen-bond donors (Lipinski definition) is 0. The number of piperazine rings is 1. The van der Waals surface area contributed by atoms with E-state index in [0.717, 1.165) is 30.8 Å². The molecule has 0 bridgehead atoms. The van der Waals surface area contributed by atoms with Gasteiger partial charge in [0.15, 0.2) is 0 Å². The van der Waals surface area contributed by atoms with Crippen molar-refractivity contribution in [1.29, 1.82) is 0 Å². The molecule has 0 saturated carbocycles. The molecule has 0 aliphatic carbocycles. The van der Waals surface area contributed by atoms with Crippen LogP contribution in [-0.4, -0.2) is 67.6 Å². The Bertz CT molecular complexity index is 582. The lowest BCUT2D eigenvalue weighted by atomic mass is 10.1. The van der Waals surface area contributed by atoms with E-state index >= 15 is 0 Å². The minimum atomic E-state index is -0.124. The van der Waals surface area contributed by atoms with Gasteiger partial charge >= 0.3 is 5.97 Å². The molecule has 1 amide bonds. The van der Waals surface area contributed by atoms with Crippen LogP contribution in [0.5, 0.6) is 5.75 Å². The predicted molar refractivity (Wildman–Crippen MR) is 84.2 cm³/mol.